The fraction of sp³-hybridized carbons (Fsp3) is 0.833. The molecule has 1 atom stereocenters. The SMILES string of the molecule is CC1CCCCc2ncnn2CCCC1. The molecule has 2 rings (SSSR count). The largest absolute Gasteiger partial charge is 0.250 e. The van der Waals surface area contributed by atoms with Crippen LogP contribution in [0.3, 0.4) is 0 Å². The fourth-order valence-electron chi connectivity index (χ4n) is 2.34. The highest BCUT2D eigenvalue weighted by atomic mass is 15.3. The zero-order valence-corrected chi connectivity index (χ0v) is 9.65. The zero-order chi connectivity index (χ0) is 10.5. The monoisotopic (exact) mass is 207 g/mol. The third-order valence-electron chi connectivity index (χ3n) is 3.36. The Balaban J connectivity index is 1.97. The molecule has 0 bridgehead atoms. The molecule has 0 radical (unpaired) electrons. The van der Waals surface area contributed by atoms with Gasteiger partial charge in [0.25, 0.3) is 0 Å². The molecule has 0 aromatic carbocycles. The molecule has 0 fully saturated rings. The molecule has 15 heavy (non-hydrogen) atoms. The van der Waals surface area contributed by atoms with Crippen molar-refractivity contribution in [1.82, 2.24) is 14.8 Å². The van der Waals surface area contributed by atoms with Gasteiger partial charge in [-0.15, -0.1) is 0 Å². The van der Waals surface area contributed by atoms with Crippen molar-refractivity contribution in [1.29, 1.82) is 0 Å². The summed E-state index contributed by atoms with van der Waals surface area (Å²) in [6.45, 7) is 3.44. The average molecular weight is 207 g/mol. The van der Waals surface area contributed by atoms with Gasteiger partial charge in [0, 0.05) is 13.0 Å². The Morgan fingerprint density at radius 3 is 2.87 bits per heavy atom. The highest BCUT2D eigenvalue weighted by molar-refractivity contribution is 4.84. The lowest BCUT2D eigenvalue weighted by Crippen LogP contribution is -2.05. The van der Waals surface area contributed by atoms with Crippen LogP contribution in [-0.2, 0) is 13.0 Å². The van der Waals surface area contributed by atoms with Crippen molar-refractivity contribution < 1.29 is 0 Å². The summed E-state index contributed by atoms with van der Waals surface area (Å²) in [5, 5.41) is 4.29. The van der Waals surface area contributed by atoms with Crippen LogP contribution in [0.5, 0.6) is 0 Å². The lowest BCUT2D eigenvalue weighted by atomic mass is 9.98. The topological polar surface area (TPSA) is 30.7 Å². The molecule has 0 spiro atoms. The van der Waals surface area contributed by atoms with Gasteiger partial charge in [0.2, 0.25) is 0 Å². The molecule has 1 aromatic heterocycles. The van der Waals surface area contributed by atoms with E-state index in [1.54, 1.807) is 6.33 Å². The molecule has 3 nitrogen and oxygen atoms in total. The molecule has 1 unspecified atom stereocenters. The number of rotatable bonds is 0. The molecular weight excluding hydrogens is 186 g/mol. The Morgan fingerprint density at radius 1 is 1.20 bits per heavy atom. The Kier molecular flexibility index (Phi) is 3.75. The first-order valence-corrected chi connectivity index (χ1v) is 6.23. The maximum atomic E-state index is 4.33. The maximum Gasteiger partial charge on any atom is 0.138 e. The molecule has 2 heterocycles. The lowest BCUT2D eigenvalue weighted by Gasteiger charge is -2.09. The molecule has 1 aromatic rings. The highest BCUT2D eigenvalue weighted by Gasteiger charge is 2.08. The van der Waals surface area contributed by atoms with E-state index in [0.29, 0.717) is 0 Å². The summed E-state index contributed by atoms with van der Waals surface area (Å²) in [5.74, 6) is 2.09. The Bertz CT molecular complexity index is 266. The van der Waals surface area contributed by atoms with Crippen molar-refractivity contribution in [2.24, 2.45) is 5.92 Å². The number of aryl methyl sites for hydroxylation is 2. The third-order valence-corrected chi connectivity index (χ3v) is 3.36. The molecule has 0 amide bonds. The van der Waals surface area contributed by atoms with Gasteiger partial charge < -0.3 is 0 Å². The van der Waals surface area contributed by atoms with E-state index in [1.165, 1.54) is 44.3 Å². The minimum absolute atomic E-state index is 0.906. The van der Waals surface area contributed by atoms with Crippen LogP contribution < -0.4 is 0 Å². The maximum absolute atomic E-state index is 4.33. The first-order chi connectivity index (χ1) is 7.36. The van der Waals surface area contributed by atoms with Crippen LogP contribution in [0.2, 0.25) is 0 Å². The Morgan fingerprint density at radius 2 is 2.00 bits per heavy atom. The second-order valence-electron chi connectivity index (χ2n) is 4.75. The normalized spacial score (nSPS) is 24.2. The van der Waals surface area contributed by atoms with E-state index >= 15 is 0 Å². The molecular formula is C12H21N3. The summed E-state index contributed by atoms with van der Waals surface area (Å²) < 4.78 is 2.09. The van der Waals surface area contributed by atoms with E-state index in [1.807, 2.05) is 0 Å². The minimum atomic E-state index is 0.906. The quantitative estimate of drug-likeness (QED) is 0.655. The molecule has 1 aliphatic rings. The zero-order valence-electron chi connectivity index (χ0n) is 9.65. The first kappa shape index (κ1) is 10.7. The molecule has 0 aliphatic carbocycles. The van der Waals surface area contributed by atoms with Crippen molar-refractivity contribution in [3.8, 4) is 0 Å². The van der Waals surface area contributed by atoms with E-state index in [-0.39, 0.29) is 0 Å². The van der Waals surface area contributed by atoms with Crippen LogP contribution in [0.25, 0.3) is 0 Å². The Labute approximate surface area is 91.9 Å². The van der Waals surface area contributed by atoms with Gasteiger partial charge in [-0.2, -0.15) is 5.10 Å². The number of hydrogen-bond acceptors (Lipinski definition) is 2. The molecule has 0 N–H and O–H groups in total. The van der Waals surface area contributed by atoms with E-state index < -0.39 is 0 Å². The predicted molar refractivity (Wildman–Crippen MR) is 60.6 cm³/mol. The van der Waals surface area contributed by atoms with Gasteiger partial charge in [0.15, 0.2) is 0 Å². The number of hydrogen-bond donors (Lipinski definition) is 0. The summed E-state index contributed by atoms with van der Waals surface area (Å²) in [6.07, 6.45) is 10.8. The molecule has 0 saturated carbocycles. The fourth-order valence-corrected chi connectivity index (χ4v) is 2.34. The smallest absolute Gasteiger partial charge is 0.138 e. The van der Waals surface area contributed by atoms with Gasteiger partial charge in [-0.25, -0.2) is 4.98 Å². The van der Waals surface area contributed by atoms with Gasteiger partial charge >= 0.3 is 0 Å². The number of fused-ring (bicyclic) bond motifs is 1. The minimum Gasteiger partial charge on any atom is -0.250 e. The summed E-state index contributed by atoms with van der Waals surface area (Å²) in [7, 11) is 0. The molecule has 1 aliphatic heterocycles. The number of nitrogens with zero attached hydrogens (tertiary/aromatic N) is 3. The predicted octanol–water partition coefficient (Wildman–Crippen LogP) is 2.81. The van der Waals surface area contributed by atoms with Crippen LogP contribution >= 0.6 is 0 Å². The van der Waals surface area contributed by atoms with E-state index in [9.17, 15) is 0 Å². The van der Waals surface area contributed by atoms with Gasteiger partial charge in [0.05, 0.1) is 0 Å². The van der Waals surface area contributed by atoms with Crippen molar-refractivity contribution >= 4 is 0 Å². The van der Waals surface area contributed by atoms with E-state index in [2.05, 4.69) is 21.7 Å². The van der Waals surface area contributed by atoms with Gasteiger partial charge in [-0.05, 0) is 18.8 Å². The standard InChI is InChI=1S/C12H21N3/c1-11-6-2-3-8-12-13-10-14-15(12)9-5-4-7-11/h10-11H,2-9H2,1H3. The van der Waals surface area contributed by atoms with Crippen LogP contribution in [0.15, 0.2) is 6.33 Å². The van der Waals surface area contributed by atoms with Crippen molar-refractivity contribution in [3.63, 3.8) is 0 Å². The Hall–Kier alpha value is -0.860. The van der Waals surface area contributed by atoms with Crippen LogP contribution in [0.1, 0.15) is 51.3 Å². The average Bonchev–Trinajstić information content (AvgIpc) is 2.65. The number of aromatic nitrogens is 3. The second kappa shape index (κ2) is 5.29. The van der Waals surface area contributed by atoms with Crippen LogP contribution in [-0.4, -0.2) is 14.8 Å². The van der Waals surface area contributed by atoms with Crippen LogP contribution in [0, 0.1) is 5.92 Å². The van der Waals surface area contributed by atoms with Crippen molar-refractivity contribution in [3.05, 3.63) is 12.2 Å². The van der Waals surface area contributed by atoms with Gasteiger partial charge in [-0.1, -0.05) is 32.6 Å². The van der Waals surface area contributed by atoms with Crippen molar-refractivity contribution in [2.45, 2.75) is 58.4 Å². The second-order valence-corrected chi connectivity index (χ2v) is 4.75. The molecule has 0 saturated heterocycles. The lowest BCUT2D eigenvalue weighted by molar-refractivity contribution is 0.439. The molecule has 84 valence electrons. The van der Waals surface area contributed by atoms with Crippen molar-refractivity contribution in [2.75, 3.05) is 0 Å². The van der Waals surface area contributed by atoms with E-state index in [4.69, 9.17) is 0 Å². The molecule has 3 heteroatoms. The summed E-state index contributed by atoms with van der Waals surface area (Å²) >= 11 is 0. The summed E-state index contributed by atoms with van der Waals surface area (Å²) in [5.41, 5.74) is 0. The summed E-state index contributed by atoms with van der Waals surface area (Å²) in [4.78, 5) is 4.33. The highest BCUT2D eigenvalue weighted by Crippen LogP contribution is 2.18. The third kappa shape index (κ3) is 3.05. The van der Waals surface area contributed by atoms with Crippen LogP contribution in [0.4, 0.5) is 0 Å². The van der Waals surface area contributed by atoms with Gasteiger partial charge in [-0.3, -0.25) is 4.68 Å². The first-order valence-electron chi connectivity index (χ1n) is 6.23. The van der Waals surface area contributed by atoms with E-state index in [0.717, 1.165) is 18.9 Å². The van der Waals surface area contributed by atoms with Gasteiger partial charge in [0.1, 0.15) is 12.2 Å². The summed E-state index contributed by atoms with van der Waals surface area (Å²) in [6, 6.07) is 0.